The summed E-state index contributed by atoms with van der Waals surface area (Å²) in [6.07, 6.45) is 5.08. The lowest BCUT2D eigenvalue weighted by atomic mass is 9.95. The molecule has 3 rings (SSSR count). The summed E-state index contributed by atoms with van der Waals surface area (Å²) >= 11 is 6.31. The van der Waals surface area contributed by atoms with E-state index in [2.05, 4.69) is 15.3 Å². The summed E-state index contributed by atoms with van der Waals surface area (Å²) in [5.74, 6) is 0.277. The van der Waals surface area contributed by atoms with E-state index in [9.17, 15) is 14.9 Å². The van der Waals surface area contributed by atoms with Gasteiger partial charge in [0.25, 0.3) is 11.6 Å². The second kappa shape index (κ2) is 7.96. The van der Waals surface area contributed by atoms with Crippen molar-refractivity contribution in [2.45, 2.75) is 19.8 Å². The number of hydrogen-bond donors (Lipinski definition) is 1. The third-order valence-corrected chi connectivity index (χ3v) is 5.19. The molecule has 2 heterocycles. The molecular formula is C18H22ClN5O3. The molecule has 0 atom stereocenters. The maximum atomic E-state index is 12.1. The Balaban J connectivity index is 1.56. The molecule has 0 saturated carbocycles. The molecule has 1 aromatic carbocycles. The monoisotopic (exact) mass is 391 g/mol. The molecule has 1 aliphatic heterocycles. The molecule has 0 aliphatic carbocycles. The van der Waals surface area contributed by atoms with E-state index in [1.54, 1.807) is 30.2 Å². The number of benzene rings is 1. The van der Waals surface area contributed by atoms with E-state index in [-0.39, 0.29) is 11.6 Å². The van der Waals surface area contributed by atoms with Crippen LogP contribution in [0.1, 0.15) is 28.8 Å². The highest BCUT2D eigenvalue weighted by Crippen LogP contribution is 2.35. The number of nitrogens with zero attached hydrogens (tertiary/aromatic N) is 4. The minimum atomic E-state index is -0.431. The smallest absolute Gasteiger partial charge is 0.271 e. The summed E-state index contributed by atoms with van der Waals surface area (Å²) in [6.45, 7) is 4.06. The molecule has 2 aromatic rings. The van der Waals surface area contributed by atoms with Crippen molar-refractivity contribution in [1.29, 1.82) is 0 Å². The van der Waals surface area contributed by atoms with Crippen molar-refractivity contribution < 1.29 is 9.72 Å². The number of piperidine rings is 1. The molecule has 0 unspecified atom stereocenters. The van der Waals surface area contributed by atoms with Crippen molar-refractivity contribution in [3.8, 4) is 0 Å². The number of rotatable bonds is 5. The normalized spacial score (nSPS) is 15.0. The molecule has 1 N–H and O–H groups in total. The number of halogens is 1. The predicted octanol–water partition coefficient (Wildman–Crippen LogP) is 2.94. The third-order valence-electron chi connectivity index (χ3n) is 4.90. The zero-order valence-electron chi connectivity index (χ0n) is 15.3. The Morgan fingerprint density at radius 3 is 2.67 bits per heavy atom. The molecule has 1 aliphatic rings. The van der Waals surface area contributed by atoms with Crippen molar-refractivity contribution in [3.63, 3.8) is 0 Å². The number of non-ortho nitro benzene ring substituents is 1. The largest absolute Gasteiger partial charge is 0.370 e. The Hall–Kier alpha value is -2.61. The molecule has 8 nitrogen and oxygen atoms in total. The molecule has 1 fully saturated rings. The predicted molar refractivity (Wildman–Crippen MR) is 103 cm³/mol. The van der Waals surface area contributed by atoms with E-state index < -0.39 is 4.92 Å². The van der Waals surface area contributed by atoms with Crippen molar-refractivity contribution in [2.75, 3.05) is 24.5 Å². The van der Waals surface area contributed by atoms with E-state index in [0.29, 0.717) is 23.0 Å². The minimum Gasteiger partial charge on any atom is -0.370 e. The zero-order valence-corrected chi connectivity index (χ0v) is 16.1. The second-order valence-electron chi connectivity index (χ2n) is 6.89. The molecule has 1 aromatic heterocycles. The number of nitro groups is 1. The number of carbonyl (C=O) groups excluding carboxylic acids is 1. The fourth-order valence-corrected chi connectivity index (χ4v) is 3.84. The summed E-state index contributed by atoms with van der Waals surface area (Å²) in [6, 6.07) is 2.96. The van der Waals surface area contributed by atoms with Gasteiger partial charge in [-0.05, 0) is 31.2 Å². The van der Waals surface area contributed by atoms with Crippen LogP contribution >= 0.6 is 11.6 Å². The number of hydrogen-bond acceptors (Lipinski definition) is 5. The fourth-order valence-electron chi connectivity index (χ4n) is 3.46. The van der Waals surface area contributed by atoms with Gasteiger partial charge in [0.05, 0.1) is 27.4 Å². The maximum absolute atomic E-state index is 12.1. The van der Waals surface area contributed by atoms with Gasteiger partial charge in [-0.15, -0.1) is 0 Å². The van der Waals surface area contributed by atoms with Crippen LogP contribution in [-0.4, -0.2) is 40.2 Å². The van der Waals surface area contributed by atoms with Crippen LogP contribution in [0.3, 0.4) is 0 Å². The standard InChI is InChI=1S/C18H22ClN5O3/c1-12-7-15(24(26)27)8-16(19)17(12)23-5-3-13(4-6-23)9-20-18(25)14-10-21-22(2)11-14/h7-8,10-11,13H,3-6,9H2,1-2H3,(H,20,25). The lowest BCUT2D eigenvalue weighted by molar-refractivity contribution is -0.384. The quantitative estimate of drug-likeness (QED) is 0.624. The second-order valence-corrected chi connectivity index (χ2v) is 7.30. The van der Waals surface area contributed by atoms with Crippen molar-refractivity contribution in [2.24, 2.45) is 13.0 Å². The first kappa shape index (κ1) is 19.2. The maximum Gasteiger partial charge on any atom is 0.271 e. The highest BCUT2D eigenvalue weighted by atomic mass is 35.5. The molecule has 0 spiro atoms. The zero-order chi connectivity index (χ0) is 19.6. The third kappa shape index (κ3) is 4.39. The lowest BCUT2D eigenvalue weighted by Crippen LogP contribution is -2.39. The number of nitrogens with one attached hydrogen (secondary N) is 1. The summed E-state index contributed by atoms with van der Waals surface area (Å²) in [5.41, 5.74) is 2.23. The highest BCUT2D eigenvalue weighted by molar-refractivity contribution is 6.33. The summed E-state index contributed by atoms with van der Waals surface area (Å²) in [7, 11) is 1.78. The Morgan fingerprint density at radius 1 is 1.41 bits per heavy atom. The van der Waals surface area contributed by atoms with E-state index in [4.69, 9.17) is 11.6 Å². The summed E-state index contributed by atoms with van der Waals surface area (Å²) in [4.78, 5) is 24.8. The molecule has 0 radical (unpaired) electrons. The first-order valence-electron chi connectivity index (χ1n) is 8.81. The SMILES string of the molecule is Cc1cc([N+](=O)[O-])cc(Cl)c1N1CCC(CNC(=O)c2cnn(C)c2)CC1. The Kier molecular flexibility index (Phi) is 5.65. The van der Waals surface area contributed by atoms with Gasteiger partial charge in [-0.3, -0.25) is 19.6 Å². The van der Waals surface area contributed by atoms with Gasteiger partial charge >= 0.3 is 0 Å². The molecule has 1 amide bonds. The van der Waals surface area contributed by atoms with Crippen LogP contribution < -0.4 is 10.2 Å². The van der Waals surface area contributed by atoms with Gasteiger partial charge in [0.1, 0.15) is 0 Å². The van der Waals surface area contributed by atoms with E-state index >= 15 is 0 Å². The number of aryl methyl sites for hydroxylation is 2. The first-order chi connectivity index (χ1) is 12.8. The Bertz CT molecular complexity index is 835. The van der Waals surface area contributed by atoms with Crippen LogP contribution in [-0.2, 0) is 7.05 Å². The van der Waals surface area contributed by atoms with Crippen molar-refractivity contribution in [1.82, 2.24) is 15.1 Å². The average Bonchev–Trinajstić information content (AvgIpc) is 3.06. The molecular weight excluding hydrogens is 370 g/mol. The Morgan fingerprint density at radius 2 is 2.11 bits per heavy atom. The molecule has 27 heavy (non-hydrogen) atoms. The number of nitro benzene ring substituents is 1. The minimum absolute atomic E-state index is 0.00856. The van der Waals surface area contributed by atoms with Gasteiger partial charge in [0.15, 0.2) is 0 Å². The topological polar surface area (TPSA) is 93.3 Å². The summed E-state index contributed by atoms with van der Waals surface area (Å²) in [5, 5.41) is 18.3. The number of amides is 1. The van der Waals surface area contributed by atoms with Crippen LogP contribution in [0.5, 0.6) is 0 Å². The van der Waals surface area contributed by atoms with Crippen LogP contribution in [0.25, 0.3) is 0 Å². The molecule has 1 saturated heterocycles. The lowest BCUT2D eigenvalue weighted by Gasteiger charge is -2.35. The van der Waals surface area contributed by atoms with Crippen molar-refractivity contribution in [3.05, 3.63) is 50.8 Å². The molecule has 9 heteroatoms. The highest BCUT2D eigenvalue weighted by Gasteiger charge is 2.24. The molecule has 0 bridgehead atoms. The van der Waals surface area contributed by atoms with Crippen molar-refractivity contribution >= 4 is 28.9 Å². The van der Waals surface area contributed by atoms with Gasteiger partial charge < -0.3 is 10.2 Å². The van der Waals surface area contributed by atoms with Crippen LogP contribution in [0.4, 0.5) is 11.4 Å². The van der Waals surface area contributed by atoms with Crippen LogP contribution in [0.15, 0.2) is 24.5 Å². The van der Waals surface area contributed by atoms with Gasteiger partial charge in [-0.2, -0.15) is 5.10 Å². The fraction of sp³-hybridized carbons (Fsp3) is 0.444. The average molecular weight is 392 g/mol. The van der Waals surface area contributed by atoms with Gasteiger partial charge in [-0.1, -0.05) is 11.6 Å². The van der Waals surface area contributed by atoms with Crippen LogP contribution in [0, 0.1) is 23.0 Å². The number of anilines is 1. The van der Waals surface area contributed by atoms with E-state index in [1.807, 2.05) is 6.92 Å². The summed E-state index contributed by atoms with van der Waals surface area (Å²) < 4.78 is 1.60. The van der Waals surface area contributed by atoms with Gasteiger partial charge in [0.2, 0.25) is 0 Å². The van der Waals surface area contributed by atoms with E-state index in [0.717, 1.165) is 37.2 Å². The number of aromatic nitrogens is 2. The van der Waals surface area contributed by atoms with Gasteiger partial charge in [0, 0.05) is 45.0 Å². The van der Waals surface area contributed by atoms with E-state index in [1.165, 1.54) is 6.07 Å². The Labute approximate surface area is 162 Å². The number of carbonyl (C=O) groups is 1. The van der Waals surface area contributed by atoms with Gasteiger partial charge in [-0.25, -0.2) is 0 Å². The molecule has 144 valence electrons. The first-order valence-corrected chi connectivity index (χ1v) is 9.19. The van der Waals surface area contributed by atoms with Crippen LogP contribution in [0.2, 0.25) is 5.02 Å².